The molecule has 0 saturated carbocycles. The summed E-state index contributed by atoms with van der Waals surface area (Å²) >= 11 is 0. The molecule has 0 amide bonds. The molecule has 18 heavy (non-hydrogen) atoms. The van der Waals surface area contributed by atoms with Crippen LogP contribution in [0.2, 0.25) is 0 Å². The predicted molar refractivity (Wildman–Crippen MR) is 66.8 cm³/mol. The van der Waals surface area contributed by atoms with Crippen molar-refractivity contribution in [2.24, 2.45) is 0 Å². The van der Waals surface area contributed by atoms with Gasteiger partial charge in [-0.05, 0) is 31.0 Å². The Bertz CT molecular complexity index is 555. The fourth-order valence-corrected chi connectivity index (χ4v) is 1.80. The van der Waals surface area contributed by atoms with E-state index in [1.54, 1.807) is 12.1 Å². The summed E-state index contributed by atoms with van der Waals surface area (Å²) in [5.74, 6) is -0.503. The Hall–Kier alpha value is -1.66. The van der Waals surface area contributed by atoms with Gasteiger partial charge in [-0.3, -0.25) is 4.55 Å². The maximum Gasteiger partial charge on any atom is 0.339 e. The van der Waals surface area contributed by atoms with Crippen LogP contribution in [0.3, 0.4) is 0 Å². The molecule has 1 aromatic rings. The molecule has 0 fully saturated rings. The number of carbonyl (C=O) groups is 1. The summed E-state index contributed by atoms with van der Waals surface area (Å²) in [5.41, 5.74) is 0.900. The van der Waals surface area contributed by atoms with Gasteiger partial charge in [0.1, 0.15) is 5.75 Å². The normalized spacial score (nSPS) is 12.3. The standard InChI is InChI=1S/C12H14O5S/c1-3-10-4-6-11(7-5-10)17-12(13)9(2)8-18(14,15)16/h4-8H,3H2,1-2H3,(H,14,15,16). The lowest BCUT2D eigenvalue weighted by Gasteiger charge is -2.04. The Morgan fingerprint density at radius 3 is 2.33 bits per heavy atom. The first-order valence-corrected chi connectivity index (χ1v) is 6.79. The van der Waals surface area contributed by atoms with Crippen molar-refractivity contribution in [1.29, 1.82) is 0 Å². The molecule has 1 rings (SSSR count). The smallest absolute Gasteiger partial charge is 0.339 e. The Labute approximate surface area is 106 Å². The van der Waals surface area contributed by atoms with Crippen molar-refractivity contribution in [2.45, 2.75) is 20.3 Å². The van der Waals surface area contributed by atoms with Gasteiger partial charge in [-0.25, -0.2) is 4.79 Å². The number of hydrogen-bond acceptors (Lipinski definition) is 4. The van der Waals surface area contributed by atoms with E-state index in [-0.39, 0.29) is 5.57 Å². The summed E-state index contributed by atoms with van der Waals surface area (Å²) in [6, 6.07) is 6.86. The minimum Gasteiger partial charge on any atom is -0.423 e. The third kappa shape index (κ3) is 4.68. The van der Waals surface area contributed by atoms with Crippen molar-refractivity contribution in [2.75, 3.05) is 0 Å². The van der Waals surface area contributed by atoms with Crippen molar-refractivity contribution in [1.82, 2.24) is 0 Å². The maximum atomic E-state index is 11.5. The van der Waals surface area contributed by atoms with Crippen LogP contribution in [-0.4, -0.2) is 18.9 Å². The molecule has 0 heterocycles. The fourth-order valence-electron chi connectivity index (χ4n) is 1.25. The van der Waals surface area contributed by atoms with Gasteiger partial charge in [0, 0.05) is 5.57 Å². The molecule has 0 aliphatic heterocycles. The largest absolute Gasteiger partial charge is 0.423 e. The first-order chi connectivity index (χ1) is 8.31. The van der Waals surface area contributed by atoms with E-state index in [0.717, 1.165) is 12.0 Å². The third-order valence-electron chi connectivity index (χ3n) is 2.19. The number of benzene rings is 1. The molecular weight excluding hydrogens is 256 g/mol. The molecule has 5 nitrogen and oxygen atoms in total. The van der Waals surface area contributed by atoms with E-state index in [1.165, 1.54) is 6.92 Å². The zero-order valence-electron chi connectivity index (χ0n) is 10.1. The van der Waals surface area contributed by atoms with E-state index in [2.05, 4.69) is 0 Å². The van der Waals surface area contributed by atoms with Crippen molar-refractivity contribution in [3.63, 3.8) is 0 Å². The van der Waals surface area contributed by atoms with Gasteiger partial charge in [0.15, 0.2) is 0 Å². The molecule has 1 aromatic carbocycles. The van der Waals surface area contributed by atoms with Crippen molar-refractivity contribution < 1.29 is 22.5 Å². The van der Waals surface area contributed by atoms with Crippen molar-refractivity contribution >= 4 is 16.1 Å². The van der Waals surface area contributed by atoms with Gasteiger partial charge in [0.25, 0.3) is 10.1 Å². The molecular formula is C12H14O5S. The van der Waals surface area contributed by atoms with E-state index in [4.69, 9.17) is 9.29 Å². The van der Waals surface area contributed by atoms with Gasteiger partial charge in [-0.1, -0.05) is 19.1 Å². The third-order valence-corrected chi connectivity index (χ3v) is 2.84. The summed E-state index contributed by atoms with van der Waals surface area (Å²) in [6.45, 7) is 3.25. The first-order valence-electron chi connectivity index (χ1n) is 5.28. The molecule has 0 radical (unpaired) electrons. The number of esters is 1. The second-order valence-corrected chi connectivity index (χ2v) is 4.97. The van der Waals surface area contributed by atoms with Crippen LogP contribution in [0.5, 0.6) is 5.75 Å². The first kappa shape index (κ1) is 14.4. The Kier molecular flexibility index (Phi) is 4.63. The average molecular weight is 270 g/mol. The molecule has 6 heteroatoms. The van der Waals surface area contributed by atoms with Gasteiger partial charge in [-0.2, -0.15) is 8.42 Å². The minimum atomic E-state index is -4.33. The van der Waals surface area contributed by atoms with E-state index >= 15 is 0 Å². The molecule has 0 aliphatic carbocycles. The number of ether oxygens (including phenoxy) is 1. The van der Waals surface area contributed by atoms with Crippen LogP contribution in [0, 0.1) is 0 Å². The molecule has 0 bridgehead atoms. The van der Waals surface area contributed by atoms with E-state index < -0.39 is 16.1 Å². The lowest BCUT2D eigenvalue weighted by atomic mass is 10.2. The number of rotatable bonds is 4. The van der Waals surface area contributed by atoms with Crippen LogP contribution in [0.15, 0.2) is 35.2 Å². The summed E-state index contributed by atoms with van der Waals surface area (Å²) in [6.07, 6.45) is 0.871. The van der Waals surface area contributed by atoms with E-state index in [9.17, 15) is 13.2 Å². The molecule has 98 valence electrons. The second kappa shape index (κ2) is 5.79. The Morgan fingerprint density at radius 2 is 1.89 bits per heavy atom. The van der Waals surface area contributed by atoms with Crippen LogP contribution in [0.1, 0.15) is 19.4 Å². The van der Waals surface area contributed by atoms with Gasteiger partial charge in [0.2, 0.25) is 0 Å². The number of aryl methyl sites for hydroxylation is 1. The maximum absolute atomic E-state index is 11.5. The fraction of sp³-hybridized carbons (Fsp3) is 0.250. The lowest BCUT2D eigenvalue weighted by Crippen LogP contribution is -2.10. The molecule has 0 atom stereocenters. The quantitative estimate of drug-likeness (QED) is 0.391. The number of hydrogen-bond donors (Lipinski definition) is 1. The zero-order valence-corrected chi connectivity index (χ0v) is 10.9. The van der Waals surface area contributed by atoms with Crippen LogP contribution in [0.25, 0.3) is 0 Å². The molecule has 0 aliphatic rings. The molecule has 1 N–H and O–H groups in total. The van der Waals surface area contributed by atoms with Gasteiger partial charge < -0.3 is 4.74 Å². The van der Waals surface area contributed by atoms with Crippen LogP contribution < -0.4 is 4.74 Å². The monoisotopic (exact) mass is 270 g/mol. The highest BCUT2D eigenvalue weighted by Crippen LogP contribution is 2.14. The topological polar surface area (TPSA) is 80.7 Å². The van der Waals surface area contributed by atoms with Crippen molar-refractivity contribution in [3.05, 3.63) is 40.8 Å². The summed E-state index contributed by atoms with van der Waals surface area (Å²) in [4.78, 5) is 11.5. The van der Waals surface area contributed by atoms with Crippen LogP contribution >= 0.6 is 0 Å². The van der Waals surface area contributed by atoms with Crippen LogP contribution in [-0.2, 0) is 21.3 Å². The summed E-state index contributed by atoms with van der Waals surface area (Å²) < 4.78 is 34.6. The summed E-state index contributed by atoms with van der Waals surface area (Å²) in [7, 11) is -4.33. The Morgan fingerprint density at radius 1 is 1.33 bits per heavy atom. The molecule has 0 spiro atoms. The highest BCUT2D eigenvalue weighted by molar-refractivity contribution is 7.88. The zero-order chi connectivity index (χ0) is 13.8. The van der Waals surface area contributed by atoms with Gasteiger partial charge >= 0.3 is 5.97 Å². The molecule has 0 unspecified atom stereocenters. The van der Waals surface area contributed by atoms with E-state index in [1.807, 2.05) is 19.1 Å². The SMILES string of the molecule is CCc1ccc(OC(=O)C(C)=CS(=O)(=O)O)cc1. The average Bonchev–Trinajstić information content (AvgIpc) is 2.27. The predicted octanol–water partition coefficient (Wildman–Crippen LogP) is 1.95. The van der Waals surface area contributed by atoms with Gasteiger partial charge in [-0.15, -0.1) is 0 Å². The van der Waals surface area contributed by atoms with Crippen LogP contribution in [0.4, 0.5) is 0 Å². The Balaban J connectivity index is 2.78. The minimum absolute atomic E-state index is 0.197. The highest BCUT2D eigenvalue weighted by atomic mass is 32.2. The second-order valence-electron chi connectivity index (χ2n) is 3.70. The van der Waals surface area contributed by atoms with Crippen molar-refractivity contribution in [3.8, 4) is 5.75 Å². The number of carbonyl (C=O) groups excluding carboxylic acids is 1. The van der Waals surface area contributed by atoms with E-state index in [0.29, 0.717) is 11.2 Å². The van der Waals surface area contributed by atoms with Gasteiger partial charge in [0.05, 0.1) is 5.41 Å². The highest BCUT2D eigenvalue weighted by Gasteiger charge is 2.11. The molecule has 0 saturated heterocycles. The summed E-state index contributed by atoms with van der Waals surface area (Å²) in [5, 5.41) is 0.454. The molecule has 0 aromatic heterocycles. The lowest BCUT2D eigenvalue weighted by molar-refractivity contribution is -0.130.